The van der Waals surface area contributed by atoms with Crippen molar-refractivity contribution >= 4 is 17.7 Å². The number of halogens is 2. The SMILES string of the molecule is CC(C)(C)OC(=O)NCc1cc(F)c(Cl)cn1. The lowest BCUT2D eigenvalue weighted by Gasteiger charge is -2.19. The molecule has 1 amide bonds. The van der Waals surface area contributed by atoms with Gasteiger partial charge in [0.25, 0.3) is 0 Å². The molecule has 1 aromatic rings. The molecule has 1 N–H and O–H groups in total. The monoisotopic (exact) mass is 260 g/mol. The molecule has 0 aliphatic carbocycles. The fourth-order valence-electron chi connectivity index (χ4n) is 1.03. The number of rotatable bonds is 2. The first kappa shape index (κ1) is 13.7. The van der Waals surface area contributed by atoms with Gasteiger partial charge in [-0.1, -0.05) is 11.6 Å². The smallest absolute Gasteiger partial charge is 0.407 e. The summed E-state index contributed by atoms with van der Waals surface area (Å²) < 4.78 is 18.1. The summed E-state index contributed by atoms with van der Waals surface area (Å²) in [5.41, 5.74) is -0.194. The summed E-state index contributed by atoms with van der Waals surface area (Å²) in [6, 6.07) is 1.17. The van der Waals surface area contributed by atoms with Gasteiger partial charge in [0.05, 0.1) is 17.3 Å². The molecular weight excluding hydrogens is 247 g/mol. The number of carbonyl (C=O) groups is 1. The first-order valence-corrected chi connectivity index (χ1v) is 5.42. The standard InChI is InChI=1S/C11H14ClFN2O2/c1-11(2,3)17-10(16)15-5-7-4-9(13)8(12)6-14-7/h4,6H,5H2,1-3H3,(H,15,16). The Kier molecular flexibility index (Phi) is 4.28. The van der Waals surface area contributed by atoms with E-state index in [1.54, 1.807) is 20.8 Å². The minimum absolute atomic E-state index is 0.0500. The highest BCUT2D eigenvalue weighted by molar-refractivity contribution is 6.30. The summed E-state index contributed by atoms with van der Waals surface area (Å²) in [4.78, 5) is 15.2. The highest BCUT2D eigenvalue weighted by Crippen LogP contribution is 2.13. The molecule has 0 aliphatic rings. The van der Waals surface area contributed by atoms with E-state index in [2.05, 4.69) is 10.3 Å². The van der Waals surface area contributed by atoms with Gasteiger partial charge in [0, 0.05) is 6.20 Å². The molecule has 4 nitrogen and oxygen atoms in total. The van der Waals surface area contributed by atoms with E-state index < -0.39 is 17.5 Å². The van der Waals surface area contributed by atoms with Crippen LogP contribution in [0.4, 0.5) is 9.18 Å². The fraction of sp³-hybridized carbons (Fsp3) is 0.455. The van der Waals surface area contributed by atoms with Crippen LogP contribution in [-0.2, 0) is 11.3 Å². The second-order valence-electron chi connectivity index (χ2n) is 4.45. The lowest BCUT2D eigenvalue weighted by Crippen LogP contribution is -2.32. The maximum atomic E-state index is 13.1. The molecule has 1 heterocycles. The molecular formula is C11H14ClFN2O2. The van der Waals surface area contributed by atoms with Crippen molar-refractivity contribution in [3.8, 4) is 0 Å². The van der Waals surface area contributed by atoms with Crippen molar-refractivity contribution in [2.24, 2.45) is 0 Å². The van der Waals surface area contributed by atoms with Crippen LogP contribution >= 0.6 is 11.6 Å². The third kappa shape index (κ3) is 4.99. The summed E-state index contributed by atoms with van der Waals surface area (Å²) in [7, 11) is 0. The fourth-order valence-corrected chi connectivity index (χ4v) is 1.13. The molecule has 1 rings (SSSR count). The van der Waals surface area contributed by atoms with Gasteiger partial charge in [0.2, 0.25) is 0 Å². The molecule has 1 aromatic heterocycles. The minimum Gasteiger partial charge on any atom is -0.444 e. The first-order chi connectivity index (χ1) is 7.78. The number of nitrogens with zero attached hydrogens (tertiary/aromatic N) is 1. The lowest BCUT2D eigenvalue weighted by molar-refractivity contribution is 0.0523. The van der Waals surface area contributed by atoms with Crippen LogP contribution in [0.25, 0.3) is 0 Å². The quantitative estimate of drug-likeness (QED) is 0.890. The van der Waals surface area contributed by atoms with Crippen LogP contribution < -0.4 is 5.32 Å². The molecule has 0 saturated heterocycles. The molecule has 17 heavy (non-hydrogen) atoms. The zero-order chi connectivity index (χ0) is 13.1. The number of alkyl carbamates (subject to hydrolysis) is 1. The average molecular weight is 261 g/mol. The number of amides is 1. The van der Waals surface area contributed by atoms with E-state index in [-0.39, 0.29) is 11.6 Å². The third-order valence-corrected chi connectivity index (χ3v) is 1.96. The summed E-state index contributed by atoms with van der Waals surface area (Å²) in [5, 5.41) is 2.42. The van der Waals surface area contributed by atoms with Crippen LogP contribution in [-0.4, -0.2) is 16.7 Å². The van der Waals surface area contributed by atoms with Gasteiger partial charge in [-0.15, -0.1) is 0 Å². The van der Waals surface area contributed by atoms with Gasteiger partial charge in [-0.3, -0.25) is 4.98 Å². The number of ether oxygens (including phenoxy) is 1. The number of aromatic nitrogens is 1. The summed E-state index contributed by atoms with van der Waals surface area (Å²) in [6.45, 7) is 5.36. The first-order valence-electron chi connectivity index (χ1n) is 5.05. The van der Waals surface area contributed by atoms with Crippen LogP contribution in [0.3, 0.4) is 0 Å². The second kappa shape index (κ2) is 5.31. The number of carbonyl (C=O) groups excluding carboxylic acids is 1. The number of nitrogens with one attached hydrogen (secondary N) is 1. The van der Waals surface area contributed by atoms with Gasteiger partial charge in [0.15, 0.2) is 0 Å². The van der Waals surface area contributed by atoms with E-state index in [1.807, 2.05) is 0 Å². The van der Waals surface area contributed by atoms with Crippen molar-refractivity contribution in [3.63, 3.8) is 0 Å². The zero-order valence-electron chi connectivity index (χ0n) is 9.88. The molecule has 0 fully saturated rings. The predicted molar refractivity (Wildman–Crippen MR) is 62.3 cm³/mol. The molecule has 0 saturated carbocycles. The van der Waals surface area contributed by atoms with Crippen molar-refractivity contribution in [2.45, 2.75) is 32.9 Å². The minimum atomic E-state index is -0.574. The van der Waals surface area contributed by atoms with Crippen molar-refractivity contribution < 1.29 is 13.9 Å². The van der Waals surface area contributed by atoms with E-state index in [1.165, 1.54) is 12.3 Å². The van der Waals surface area contributed by atoms with Gasteiger partial charge in [-0.25, -0.2) is 9.18 Å². The van der Waals surface area contributed by atoms with Crippen LogP contribution in [0, 0.1) is 5.82 Å². The Hall–Kier alpha value is -1.36. The van der Waals surface area contributed by atoms with Gasteiger partial charge < -0.3 is 10.1 Å². The lowest BCUT2D eigenvalue weighted by atomic mass is 10.2. The van der Waals surface area contributed by atoms with E-state index in [9.17, 15) is 9.18 Å². The molecule has 0 unspecified atom stereocenters. The summed E-state index contributed by atoms with van der Waals surface area (Å²) >= 11 is 5.48. The van der Waals surface area contributed by atoms with E-state index in [0.29, 0.717) is 5.69 Å². The van der Waals surface area contributed by atoms with Crippen LogP contribution in [0.2, 0.25) is 5.02 Å². The Morgan fingerprint density at radius 3 is 2.76 bits per heavy atom. The normalized spacial score (nSPS) is 11.1. The Bertz CT molecular complexity index is 418. The maximum absolute atomic E-state index is 13.1. The second-order valence-corrected chi connectivity index (χ2v) is 4.85. The molecule has 94 valence electrons. The van der Waals surface area contributed by atoms with Crippen LogP contribution in [0.1, 0.15) is 26.5 Å². The predicted octanol–water partition coefficient (Wildman–Crippen LogP) is 2.90. The molecule has 0 radical (unpaired) electrons. The van der Waals surface area contributed by atoms with Crippen molar-refractivity contribution in [3.05, 3.63) is 28.8 Å². The van der Waals surface area contributed by atoms with Crippen LogP contribution in [0.15, 0.2) is 12.3 Å². The molecule has 0 bridgehead atoms. The van der Waals surface area contributed by atoms with E-state index >= 15 is 0 Å². The largest absolute Gasteiger partial charge is 0.444 e. The number of hydrogen-bond donors (Lipinski definition) is 1. The van der Waals surface area contributed by atoms with Crippen molar-refractivity contribution in [2.75, 3.05) is 0 Å². The zero-order valence-corrected chi connectivity index (χ0v) is 10.6. The summed E-state index contributed by atoms with van der Waals surface area (Å²) in [6.07, 6.45) is 0.623. The maximum Gasteiger partial charge on any atom is 0.407 e. The van der Waals surface area contributed by atoms with Crippen molar-refractivity contribution in [1.29, 1.82) is 0 Å². The topological polar surface area (TPSA) is 51.2 Å². The Balaban J connectivity index is 2.50. The van der Waals surface area contributed by atoms with Gasteiger partial charge in [-0.05, 0) is 26.8 Å². The van der Waals surface area contributed by atoms with Crippen LogP contribution in [0.5, 0.6) is 0 Å². The molecule has 0 aromatic carbocycles. The third-order valence-electron chi connectivity index (χ3n) is 1.68. The molecule has 0 aliphatic heterocycles. The van der Waals surface area contributed by atoms with Crippen molar-refractivity contribution in [1.82, 2.24) is 10.3 Å². The van der Waals surface area contributed by atoms with Gasteiger partial charge in [0.1, 0.15) is 11.4 Å². The Labute approximate surface area is 104 Å². The Morgan fingerprint density at radius 1 is 1.59 bits per heavy atom. The molecule has 6 heteroatoms. The van der Waals surface area contributed by atoms with E-state index in [4.69, 9.17) is 16.3 Å². The Morgan fingerprint density at radius 2 is 2.24 bits per heavy atom. The molecule has 0 atom stereocenters. The highest BCUT2D eigenvalue weighted by Gasteiger charge is 2.15. The highest BCUT2D eigenvalue weighted by atomic mass is 35.5. The number of hydrogen-bond acceptors (Lipinski definition) is 3. The van der Waals surface area contributed by atoms with E-state index in [0.717, 1.165) is 0 Å². The van der Waals surface area contributed by atoms with Gasteiger partial charge in [-0.2, -0.15) is 0 Å². The average Bonchev–Trinajstić information content (AvgIpc) is 2.17. The van der Waals surface area contributed by atoms with Gasteiger partial charge >= 0.3 is 6.09 Å². The molecule has 0 spiro atoms. The number of pyridine rings is 1. The summed E-state index contributed by atoms with van der Waals surface area (Å²) in [5.74, 6) is -0.567.